The lowest BCUT2D eigenvalue weighted by atomic mass is 10.1. The summed E-state index contributed by atoms with van der Waals surface area (Å²) in [4.78, 5) is 35.4. The number of benzene rings is 2. The molecule has 0 atom stereocenters. The molecule has 0 spiro atoms. The van der Waals surface area contributed by atoms with Crippen LogP contribution in [-0.4, -0.2) is 30.2 Å². The van der Waals surface area contributed by atoms with E-state index in [1.165, 1.54) is 23.0 Å². The summed E-state index contributed by atoms with van der Waals surface area (Å²) in [7, 11) is 0. The summed E-state index contributed by atoms with van der Waals surface area (Å²) in [6.07, 6.45) is 3.54. The number of carbonyl (C=O) groups is 1. The van der Waals surface area contributed by atoms with E-state index >= 15 is 0 Å². The van der Waals surface area contributed by atoms with E-state index in [0.29, 0.717) is 28.7 Å². The van der Waals surface area contributed by atoms with Crippen molar-refractivity contribution in [1.29, 1.82) is 0 Å². The first-order valence-corrected chi connectivity index (χ1v) is 11.3. The van der Waals surface area contributed by atoms with Crippen LogP contribution in [0, 0.1) is 12.7 Å². The van der Waals surface area contributed by atoms with Gasteiger partial charge in [0.1, 0.15) is 29.9 Å². The fourth-order valence-electron chi connectivity index (χ4n) is 4.27. The van der Waals surface area contributed by atoms with Crippen molar-refractivity contribution in [2.24, 2.45) is 0 Å². The molecule has 1 amide bonds. The van der Waals surface area contributed by atoms with Crippen LogP contribution >= 0.6 is 0 Å². The quantitative estimate of drug-likeness (QED) is 0.403. The fourth-order valence-corrected chi connectivity index (χ4v) is 4.27. The van der Waals surface area contributed by atoms with E-state index in [1.807, 2.05) is 25.1 Å². The molecular weight excluding hydrogens is 451 g/mol. The summed E-state index contributed by atoms with van der Waals surface area (Å²) < 4.78 is 22.4. The molecule has 0 bridgehead atoms. The maximum atomic E-state index is 14.1. The van der Waals surface area contributed by atoms with Gasteiger partial charge in [-0.2, -0.15) is 4.98 Å². The molecule has 1 N–H and O–H groups in total. The zero-order valence-corrected chi connectivity index (χ0v) is 18.9. The van der Waals surface area contributed by atoms with Gasteiger partial charge in [0.05, 0.1) is 17.5 Å². The number of hydrogen-bond donors (Lipinski definition) is 1. The first-order chi connectivity index (χ1) is 17.0. The molecule has 35 heavy (non-hydrogen) atoms. The molecule has 0 radical (unpaired) electrons. The number of anilines is 1. The Labute approximate surface area is 198 Å². The Hall–Kier alpha value is -4.34. The molecule has 1 aliphatic carbocycles. The van der Waals surface area contributed by atoms with Crippen LogP contribution in [0.4, 0.5) is 10.1 Å². The van der Waals surface area contributed by atoms with Crippen LogP contribution in [0.3, 0.4) is 0 Å². The van der Waals surface area contributed by atoms with Gasteiger partial charge in [-0.15, -0.1) is 0 Å². The van der Waals surface area contributed by atoms with E-state index in [-0.39, 0.29) is 29.9 Å². The molecule has 5 aromatic rings. The first-order valence-electron chi connectivity index (χ1n) is 11.3. The molecule has 10 heteroatoms. The number of amides is 1. The largest absolute Gasteiger partial charge is 0.337 e. The van der Waals surface area contributed by atoms with Crippen molar-refractivity contribution >= 4 is 33.5 Å². The van der Waals surface area contributed by atoms with Gasteiger partial charge in [-0.05, 0) is 44.0 Å². The fraction of sp³-hybridized carbons (Fsp3) is 0.240. The van der Waals surface area contributed by atoms with Crippen molar-refractivity contribution in [2.45, 2.75) is 38.8 Å². The second kappa shape index (κ2) is 8.15. The number of nitrogens with one attached hydrogen (secondary N) is 1. The second-order valence-electron chi connectivity index (χ2n) is 8.83. The summed E-state index contributed by atoms with van der Waals surface area (Å²) >= 11 is 0. The summed E-state index contributed by atoms with van der Waals surface area (Å²) in [6, 6.07) is 11.6. The van der Waals surface area contributed by atoms with Crippen molar-refractivity contribution in [3.63, 3.8) is 0 Å². The average Bonchev–Trinajstić information content (AvgIpc) is 3.51. The van der Waals surface area contributed by atoms with Gasteiger partial charge in [0, 0.05) is 11.3 Å². The van der Waals surface area contributed by atoms with Crippen LogP contribution in [0.5, 0.6) is 0 Å². The van der Waals surface area contributed by atoms with Gasteiger partial charge in [-0.25, -0.2) is 9.37 Å². The normalized spacial score (nSPS) is 13.5. The molecule has 0 unspecified atom stereocenters. The Morgan fingerprint density at radius 2 is 2.06 bits per heavy atom. The predicted molar refractivity (Wildman–Crippen MR) is 127 cm³/mol. The van der Waals surface area contributed by atoms with E-state index in [1.54, 1.807) is 16.7 Å². The molecule has 0 saturated heterocycles. The van der Waals surface area contributed by atoms with E-state index in [4.69, 9.17) is 4.52 Å². The number of aromatic nitrogens is 5. The van der Waals surface area contributed by atoms with Gasteiger partial charge in [-0.3, -0.25) is 14.2 Å². The summed E-state index contributed by atoms with van der Waals surface area (Å²) in [5.41, 5.74) is 2.19. The minimum Gasteiger partial charge on any atom is -0.337 e. The molecule has 2 aromatic carbocycles. The van der Waals surface area contributed by atoms with Gasteiger partial charge in [0.15, 0.2) is 5.82 Å². The van der Waals surface area contributed by atoms with Crippen molar-refractivity contribution in [3.05, 3.63) is 82.2 Å². The first kappa shape index (κ1) is 21.2. The minimum atomic E-state index is -0.534. The van der Waals surface area contributed by atoms with Crippen molar-refractivity contribution in [1.82, 2.24) is 24.3 Å². The molecular formula is C25H21FN6O3. The number of halogens is 1. The van der Waals surface area contributed by atoms with E-state index < -0.39 is 11.7 Å². The SMILES string of the molecule is Cc1ccc2c(c1)c1ncn(Cc3nc(C4CC4)no3)c(=O)c1n2CC(=O)Nc1ccccc1F. The molecule has 3 aromatic heterocycles. The number of para-hydroxylation sites is 1. The molecule has 1 aliphatic rings. The second-order valence-corrected chi connectivity index (χ2v) is 8.83. The van der Waals surface area contributed by atoms with Crippen LogP contribution in [-0.2, 0) is 17.9 Å². The molecule has 1 saturated carbocycles. The monoisotopic (exact) mass is 472 g/mol. The number of hydrogen-bond acceptors (Lipinski definition) is 6. The maximum absolute atomic E-state index is 14.1. The summed E-state index contributed by atoms with van der Waals surface area (Å²) in [6.45, 7) is 1.83. The highest BCUT2D eigenvalue weighted by Gasteiger charge is 2.29. The minimum absolute atomic E-state index is 0.0729. The molecule has 1 fully saturated rings. The zero-order valence-electron chi connectivity index (χ0n) is 18.9. The van der Waals surface area contributed by atoms with Crippen molar-refractivity contribution < 1.29 is 13.7 Å². The smallest absolute Gasteiger partial charge is 0.278 e. The van der Waals surface area contributed by atoms with Crippen molar-refractivity contribution in [2.75, 3.05) is 5.32 Å². The molecule has 0 aliphatic heterocycles. The van der Waals surface area contributed by atoms with Crippen molar-refractivity contribution in [3.8, 4) is 0 Å². The Morgan fingerprint density at radius 3 is 2.86 bits per heavy atom. The third-order valence-corrected chi connectivity index (χ3v) is 6.16. The van der Waals surface area contributed by atoms with Crippen LogP contribution < -0.4 is 10.9 Å². The highest BCUT2D eigenvalue weighted by Crippen LogP contribution is 2.38. The predicted octanol–water partition coefficient (Wildman–Crippen LogP) is 3.75. The Morgan fingerprint density at radius 1 is 1.23 bits per heavy atom. The number of aryl methyl sites for hydroxylation is 1. The average molecular weight is 472 g/mol. The van der Waals surface area contributed by atoms with E-state index in [2.05, 4.69) is 20.4 Å². The Bertz CT molecular complexity index is 1660. The lowest BCUT2D eigenvalue weighted by Gasteiger charge is -2.10. The summed E-state index contributed by atoms with van der Waals surface area (Å²) in [5.74, 6) is 0.328. The molecule has 176 valence electrons. The highest BCUT2D eigenvalue weighted by atomic mass is 19.1. The number of rotatable bonds is 6. The van der Waals surface area contributed by atoms with Gasteiger partial charge >= 0.3 is 0 Å². The van der Waals surface area contributed by atoms with Crippen LogP contribution in [0.25, 0.3) is 21.9 Å². The van der Waals surface area contributed by atoms with Crippen LogP contribution in [0.15, 0.2) is 58.1 Å². The third kappa shape index (κ3) is 3.86. The highest BCUT2D eigenvalue weighted by molar-refractivity contribution is 6.06. The Balaban J connectivity index is 1.42. The standard InChI is InChI=1S/C25H21FN6O3/c1-14-6-9-19-16(10-14)22-23(32(19)11-20(33)28-18-5-3-2-4-17(18)26)25(34)31(13-27-22)12-21-29-24(30-35-21)15-7-8-15/h2-6,9-10,13,15H,7-8,11-12H2,1H3,(H,28,33). The topological polar surface area (TPSA) is 108 Å². The molecule has 9 nitrogen and oxygen atoms in total. The van der Waals surface area contributed by atoms with Gasteiger partial charge in [-0.1, -0.05) is 28.9 Å². The van der Waals surface area contributed by atoms with Gasteiger partial charge < -0.3 is 14.4 Å². The van der Waals surface area contributed by atoms with Gasteiger partial charge in [0.2, 0.25) is 11.8 Å². The number of nitrogens with zero attached hydrogens (tertiary/aromatic N) is 5. The summed E-state index contributed by atoms with van der Waals surface area (Å²) in [5, 5.41) is 7.35. The van der Waals surface area contributed by atoms with Gasteiger partial charge in [0.25, 0.3) is 5.56 Å². The number of fused-ring (bicyclic) bond motifs is 3. The van der Waals surface area contributed by atoms with E-state index in [9.17, 15) is 14.0 Å². The lowest BCUT2D eigenvalue weighted by Crippen LogP contribution is -2.25. The third-order valence-electron chi connectivity index (χ3n) is 6.16. The van der Waals surface area contributed by atoms with Crippen LogP contribution in [0.2, 0.25) is 0 Å². The lowest BCUT2D eigenvalue weighted by molar-refractivity contribution is -0.116. The molecule has 3 heterocycles. The van der Waals surface area contributed by atoms with E-state index in [0.717, 1.165) is 23.8 Å². The Kier molecular flexibility index (Phi) is 4.94. The maximum Gasteiger partial charge on any atom is 0.278 e. The van der Waals surface area contributed by atoms with Crippen LogP contribution in [0.1, 0.15) is 36.0 Å². The number of carbonyl (C=O) groups excluding carboxylic acids is 1. The zero-order chi connectivity index (χ0) is 24.1. The molecule has 6 rings (SSSR count).